The summed E-state index contributed by atoms with van der Waals surface area (Å²) in [5, 5.41) is 9.43. The zero-order valence-corrected chi connectivity index (χ0v) is 17.0. The molecule has 2 unspecified atom stereocenters. The van der Waals surface area contributed by atoms with Crippen LogP contribution in [0.2, 0.25) is 0 Å². The minimum atomic E-state index is -2.50. The number of aromatic nitrogens is 2. The van der Waals surface area contributed by atoms with Crippen LogP contribution in [0.15, 0.2) is 35.3 Å². The largest absolute Gasteiger partial charge is 0.355 e. The van der Waals surface area contributed by atoms with E-state index in [1.165, 1.54) is 0 Å². The first-order valence-electron chi connectivity index (χ1n) is 10.9. The van der Waals surface area contributed by atoms with Gasteiger partial charge in [-0.15, -0.1) is 0 Å². The minimum Gasteiger partial charge on any atom is -0.355 e. The lowest BCUT2D eigenvalue weighted by molar-refractivity contribution is 0.0517. The topological polar surface area (TPSA) is 65.2 Å². The predicted octanol–water partition coefficient (Wildman–Crippen LogP) is 2.44. The van der Waals surface area contributed by atoms with Crippen molar-refractivity contribution in [3.63, 3.8) is 0 Å². The van der Waals surface area contributed by atoms with E-state index in [-0.39, 0.29) is 11.5 Å². The third kappa shape index (κ3) is 2.90. The summed E-state index contributed by atoms with van der Waals surface area (Å²) in [4.78, 5) is 21.8. The first kappa shape index (κ1) is 18.9. The number of rotatable bonds is 3. The molecule has 4 atom stereocenters. The highest BCUT2D eigenvalue weighted by Crippen LogP contribution is 2.59. The van der Waals surface area contributed by atoms with Crippen LogP contribution >= 0.6 is 0 Å². The molecule has 0 aromatic carbocycles. The molecule has 0 spiro atoms. The summed E-state index contributed by atoms with van der Waals surface area (Å²) in [7, 11) is 0. The second kappa shape index (κ2) is 6.60. The summed E-state index contributed by atoms with van der Waals surface area (Å²) in [6, 6.07) is 9.71. The molecule has 2 bridgehead atoms. The quantitative estimate of drug-likeness (QED) is 0.759. The number of piperidine rings is 2. The van der Waals surface area contributed by atoms with E-state index in [1.807, 2.05) is 21.6 Å². The highest BCUT2D eigenvalue weighted by molar-refractivity contribution is 5.54. The van der Waals surface area contributed by atoms with Crippen LogP contribution < -0.4 is 10.5 Å². The van der Waals surface area contributed by atoms with Gasteiger partial charge < -0.3 is 9.47 Å². The monoisotopic (exact) mass is 423 g/mol. The Morgan fingerprint density at radius 3 is 2.71 bits per heavy atom. The SMILES string of the molecule is N#Cc1cccnc1N1C[C@@H]2C[C@H](C1)c1ccc(CN3CC4C(C3)C4(F)F)c(=O)n1C2. The highest BCUT2D eigenvalue weighted by atomic mass is 19.3. The molecule has 160 valence electrons. The summed E-state index contributed by atoms with van der Waals surface area (Å²) in [5.74, 6) is -2.31. The molecule has 6 nitrogen and oxygen atoms in total. The Balaban J connectivity index is 1.24. The molecule has 6 rings (SSSR count). The first-order chi connectivity index (χ1) is 15.0. The lowest BCUT2D eigenvalue weighted by atomic mass is 9.83. The Bertz CT molecular complexity index is 1140. The molecular weight excluding hydrogens is 400 g/mol. The number of likely N-dealkylation sites (tertiary alicyclic amines) is 1. The number of hydrogen-bond donors (Lipinski definition) is 0. The molecule has 1 saturated carbocycles. The van der Waals surface area contributed by atoms with Gasteiger partial charge in [0, 0.05) is 74.5 Å². The van der Waals surface area contributed by atoms with Crippen molar-refractivity contribution in [2.24, 2.45) is 17.8 Å². The van der Waals surface area contributed by atoms with E-state index in [9.17, 15) is 18.8 Å². The van der Waals surface area contributed by atoms with Gasteiger partial charge in [0.15, 0.2) is 0 Å². The maximum absolute atomic E-state index is 13.5. The summed E-state index contributed by atoms with van der Waals surface area (Å²) >= 11 is 0. The van der Waals surface area contributed by atoms with Gasteiger partial charge in [-0.3, -0.25) is 9.69 Å². The van der Waals surface area contributed by atoms with Gasteiger partial charge in [0.25, 0.3) is 11.5 Å². The fourth-order valence-corrected chi connectivity index (χ4v) is 5.98. The van der Waals surface area contributed by atoms with E-state index in [0.29, 0.717) is 43.2 Å². The van der Waals surface area contributed by atoms with Crippen molar-refractivity contribution in [2.45, 2.75) is 31.4 Å². The van der Waals surface area contributed by atoms with E-state index in [2.05, 4.69) is 16.0 Å². The average molecular weight is 423 g/mol. The molecular formula is C23H23F2N5O. The molecule has 8 heteroatoms. The second-order valence-electron chi connectivity index (χ2n) is 9.47. The molecule has 3 aliphatic heterocycles. The molecule has 3 fully saturated rings. The zero-order valence-electron chi connectivity index (χ0n) is 17.0. The predicted molar refractivity (Wildman–Crippen MR) is 110 cm³/mol. The Labute approximate surface area is 178 Å². The number of hydrogen-bond acceptors (Lipinski definition) is 5. The molecule has 4 aliphatic rings. The maximum Gasteiger partial charge on any atom is 0.257 e. The molecule has 2 aromatic heterocycles. The van der Waals surface area contributed by atoms with Gasteiger partial charge in [-0.1, -0.05) is 6.07 Å². The average Bonchev–Trinajstić information content (AvgIpc) is 3.09. The number of pyridine rings is 2. The number of anilines is 1. The summed E-state index contributed by atoms with van der Waals surface area (Å²) in [5.41, 5.74) is 2.31. The van der Waals surface area contributed by atoms with Crippen LogP contribution in [0.1, 0.15) is 29.2 Å². The van der Waals surface area contributed by atoms with E-state index >= 15 is 0 Å². The number of alkyl halides is 2. The van der Waals surface area contributed by atoms with Gasteiger partial charge in [0.1, 0.15) is 11.9 Å². The lowest BCUT2D eigenvalue weighted by Crippen LogP contribution is -2.48. The van der Waals surface area contributed by atoms with Gasteiger partial charge >= 0.3 is 0 Å². The van der Waals surface area contributed by atoms with Gasteiger partial charge in [-0.2, -0.15) is 5.26 Å². The molecule has 0 radical (unpaired) electrons. The summed E-state index contributed by atoms with van der Waals surface area (Å²) < 4.78 is 28.8. The number of nitrogens with zero attached hydrogens (tertiary/aromatic N) is 5. The van der Waals surface area contributed by atoms with E-state index in [0.717, 1.165) is 31.0 Å². The molecule has 2 saturated heterocycles. The van der Waals surface area contributed by atoms with E-state index < -0.39 is 17.8 Å². The Hall–Kier alpha value is -2.79. The van der Waals surface area contributed by atoms with Crippen LogP contribution in [0, 0.1) is 29.1 Å². The van der Waals surface area contributed by atoms with Crippen LogP contribution in [0.4, 0.5) is 14.6 Å². The van der Waals surface area contributed by atoms with E-state index in [4.69, 9.17) is 0 Å². The van der Waals surface area contributed by atoms with Crippen molar-refractivity contribution >= 4 is 5.82 Å². The smallest absolute Gasteiger partial charge is 0.257 e. The second-order valence-corrected chi connectivity index (χ2v) is 9.47. The molecule has 1 aliphatic carbocycles. The van der Waals surface area contributed by atoms with Crippen molar-refractivity contribution in [2.75, 3.05) is 31.1 Å². The first-order valence-corrected chi connectivity index (χ1v) is 10.9. The standard InChI is InChI=1S/C23H23F2N5O/c24-23(25)18-12-28(13-19(18)23)10-16-3-4-20-17-6-14(9-30(20)22(16)31)8-29(11-17)21-15(7-26)2-1-5-27-21/h1-5,14,17-19H,6,8-13H2/t14-,17+,18?,19?/m0/s1. The van der Waals surface area contributed by atoms with Gasteiger partial charge in [0.05, 0.1) is 5.56 Å². The van der Waals surface area contributed by atoms with Crippen molar-refractivity contribution in [3.8, 4) is 6.07 Å². The van der Waals surface area contributed by atoms with Crippen molar-refractivity contribution in [1.82, 2.24) is 14.5 Å². The van der Waals surface area contributed by atoms with Crippen LogP contribution in [-0.2, 0) is 13.1 Å². The Morgan fingerprint density at radius 1 is 1.13 bits per heavy atom. The molecule has 31 heavy (non-hydrogen) atoms. The highest BCUT2D eigenvalue weighted by Gasteiger charge is 2.71. The normalized spacial score (nSPS) is 30.4. The fraction of sp³-hybridized carbons (Fsp3) is 0.522. The summed E-state index contributed by atoms with van der Waals surface area (Å²) in [6.45, 7) is 3.35. The van der Waals surface area contributed by atoms with Crippen molar-refractivity contribution < 1.29 is 8.78 Å². The van der Waals surface area contributed by atoms with Gasteiger partial charge in [0.2, 0.25) is 0 Å². The third-order valence-corrected chi connectivity index (χ3v) is 7.56. The Kier molecular flexibility index (Phi) is 4.03. The van der Waals surface area contributed by atoms with Crippen molar-refractivity contribution in [3.05, 3.63) is 57.6 Å². The third-order valence-electron chi connectivity index (χ3n) is 7.56. The lowest BCUT2D eigenvalue weighted by Gasteiger charge is -2.43. The number of halogens is 2. The van der Waals surface area contributed by atoms with Gasteiger partial charge in [-0.25, -0.2) is 13.8 Å². The van der Waals surface area contributed by atoms with Crippen molar-refractivity contribution in [1.29, 1.82) is 5.26 Å². The van der Waals surface area contributed by atoms with Crippen LogP contribution in [0.25, 0.3) is 0 Å². The zero-order chi connectivity index (χ0) is 21.3. The number of nitriles is 1. The molecule has 0 N–H and O–H groups in total. The van der Waals surface area contributed by atoms with Crippen LogP contribution in [0.5, 0.6) is 0 Å². The maximum atomic E-state index is 13.5. The molecule has 2 aromatic rings. The Morgan fingerprint density at radius 2 is 1.94 bits per heavy atom. The number of fused-ring (bicyclic) bond motifs is 5. The van der Waals surface area contributed by atoms with Crippen LogP contribution in [0.3, 0.4) is 0 Å². The molecule has 0 amide bonds. The van der Waals surface area contributed by atoms with Crippen LogP contribution in [-0.4, -0.2) is 46.6 Å². The molecule has 5 heterocycles. The minimum absolute atomic E-state index is 0.0172. The van der Waals surface area contributed by atoms with E-state index in [1.54, 1.807) is 18.3 Å². The van der Waals surface area contributed by atoms with Gasteiger partial charge in [-0.05, 0) is 30.5 Å². The summed E-state index contributed by atoms with van der Waals surface area (Å²) in [6.07, 6.45) is 2.73. The fourth-order valence-electron chi connectivity index (χ4n) is 5.98.